The molecule has 0 heterocycles. The number of hydrogen-bond donors (Lipinski definition) is 3. The van der Waals surface area contributed by atoms with Crippen LogP contribution < -0.4 is 16.0 Å². The van der Waals surface area contributed by atoms with Crippen LogP contribution in [0.2, 0.25) is 0 Å². The highest BCUT2D eigenvalue weighted by atomic mass is 16.2. The highest BCUT2D eigenvalue weighted by Gasteiger charge is 2.20. The third kappa shape index (κ3) is 5.55. The molecule has 0 radical (unpaired) electrons. The molecule has 0 spiro atoms. The van der Waals surface area contributed by atoms with Gasteiger partial charge in [0.2, 0.25) is 5.91 Å². The Morgan fingerprint density at radius 1 is 1.19 bits per heavy atom. The number of amides is 2. The Morgan fingerprint density at radius 3 is 2.43 bits per heavy atom. The minimum absolute atomic E-state index is 0.0115. The first-order chi connectivity index (χ1) is 10.0. The standard InChI is InChI=1S/C16H23N3O2/c1-11(2)18-16(21)12-3-5-14(6-4-12)19-15(20)9-10-17-13-7-8-13/h3-6,11,13,17H,7-10H2,1-2H3,(H,18,21)(H,19,20). The van der Waals surface area contributed by atoms with E-state index >= 15 is 0 Å². The quantitative estimate of drug-likeness (QED) is 0.718. The second-order valence-electron chi connectivity index (χ2n) is 5.73. The number of benzene rings is 1. The zero-order chi connectivity index (χ0) is 15.2. The van der Waals surface area contributed by atoms with Crippen LogP contribution in [0.5, 0.6) is 0 Å². The molecule has 1 aliphatic carbocycles. The highest BCUT2D eigenvalue weighted by Crippen LogP contribution is 2.18. The van der Waals surface area contributed by atoms with Crippen LogP contribution in [0.4, 0.5) is 5.69 Å². The van der Waals surface area contributed by atoms with E-state index in [2.05, 4.69) is 16.0 Å². The van der Waals surface area contributed by atoms with Gasteiger partial charge in [-0.15, -0.1) is 0 Å². The Balaban J connectivity index is 1.77. The average molecular weight is 289 g/mol. The topological polar surface area (TPSA) is 70.2 Å². The lowest BCUT2D eigenvalue weighted by Gasteiger charge is -2.09. The Hall–Kier alpha value is -1.88. The number of nitrogens with one attached hydrogen (secondary N) is 3. The number of carbonyl (C=O) groups is 2. The zero-order valence-electron chi connectivity index (χ0n) is 12.6. The molecule has 2 rings (SSSR count). The normalized spacial score (nSPS) is 14.0. The predicted octanol–water partition coefficient (Wildman–Crippen LogP) is 1.91. The Kier molecular flexibility index (Phi) is 5.33. The van der Waals surface area contributed by atoms with E-state index in [-0.39, 0.29) is 17.9 Å². The first-order valence-corrected chi connectivity index (χ1v) is 7.49. The Bertz CT molecular complexity index is 493. The summed E-state index contributed by atoms with van der Waals surface area (Å²) in [6.07, 6.45) is 2.91. The van der Waals surface area contributed by atoms with Gasteiger partial charge < -0.3 is 16.0 Å². The molecular weight excluding hydrogens is 266 g/mol. The number of carbonyl (C=O) groups excluding carboxylic acids is 2. The average Bonchev–Trinajstić information content (AvgIpc) is 3.23. The van der Waals surface area contributed by atoms with Crippen LogP contribution in [0.3, 0.4) is 0 Å². The van der Waals surface area contributed by atoms with Crippen LogP contribution in [-0.4, -0.2) is 30.4 Å². The molecule has 1 aromatic rings. The smallest absolute Gasteiger partial charge is 0.251 e. The molecule has 1 fully saturated rings. The molecule has 2 amide bonds. The fourth-order valence-electron chi connectivity index (χ4n) is 1.95. The lowest BCUT2D eigenvalue weighted by molar-refractivity contribution is -0.116. The van der Waals surface area contributed by atoms with Gasteiger partial charge in [0.25, 0.3) is 5.91 Å². The van der Waals surface area contributed by atoms with Crippen molar-refractivity contribution < 1.29 is 9.59 Å². The van der Waals surface area contributed by atoms with Crippen molar-refractivity contribution in [3.05, 3.63) is 29.8 Å². The molecule has 0 aromatic heterocycles. The van der Waals surface area contributed by atoms with E-state index in [9.17, 15) is 9.59 Å². The first-order valence-electron chi connectivity index (χ1n) is 7.49. The summed E-state index contributed by atoms with van der Waals surface area (Å²) >= 11 is 0. The van der Waals surface area contributed by atoms with Gasteiger partial charge in [-0.1, -0.05) is 0 Å². The van der Waals surface area contributed by atoms with E-state index in [0.717, 1.165) is 0 Å². The van der Waals surface area contributed by atoms with Crippen LogP contribution in [0.1, 0.15) is 43.5 Å². The molecule has 0 bridgehead atoms. The molecule has 1 saturated carbocycles. The van der Waals surface area contributed by atoms with Crippen molar-refractivity contribution in [1.29, 1.82) is 0 Å². The van der Waals surface area contributed by atoms with Crippen molar-refractivity contribution in [2.24, 2.45) is 0 Å². The number of rotatable bonds is 7. The molecule has 5 heteroatoms. The van der Waals surface area contributed by atoms with Gasteiger partial charge in [-0.3, -0.25) is 9.59 Å². The molecular formula is C16H23N3O2. The van der Waals surface area contributed by atoms with Crippen molar-refractivity contribution in [2.45, 2.75) is 45.2 Å². The highest BCUT2D eigenvalue weighted by molar-refractivity contribution is 5.95. The van der Waals surface area contributed by atoms with Gasteiger partial charge in [0.15, 0.2) is 0 Å². The Labute approximate surface area is 125 Å². The first kappa shape index (κ1) is 15.5. The summed E-state index contributed by atoms with van der Waals surface area (Å²) in [7, 11) is 0. The van der Waals surface area contributed by atoms with E-state index < -0.39 is 0 Å². The number of hydrogen-bond acceptors (Lipinski definition) is 3. The maximum absolute atomic E-state index is 11.8. The van der Waals surface area contributed by atoms with Crippen LogP contribution >= 0.6 is 0 Å². The van der Waals surface area contributed by atoms with Crippen LogP contribution in [0, 0.1) is 0 Å². The van der Waals surface area contributed by atoms with E-state index in [1.165, 1.54) is 12.8 Å². The maximum atomic E-state index is 11.8. The van der Waals surface area contributed by atoms with Gasteiger partial charge in [0, 0.05) is 36.3 Å². The summed E-state index contributed by atoms with van der Waals surface area (Å²) in [6, 6.07) is 7.67. The van der Waals surface area contributed by atoms with Gasteiger partial charge in [-0.05, 0) is 51.0 Å². The van der Waals surface area contributed by atoms with Crippen molar-refractivity contribution in [2.75, 3.05) is 11.9 Å². The summed E-state index contributed by atoms with van der Waals surface area (Å²) in [6.45, 7) is 4.55. The molecule has 1 aromatic carbocycles. The second kappa shape index (κ2) is 7.22. The van der Waals surface area contributed by atoms with Gasteiger partial charge >= 0.3 is 0 Å². The molecule has 1 aliphatic rings. The lowest BCUT2D eigenvalue weighted by Crippen LogP contribution is -2.30. The van der Waals surface area contributed by atoms with Crippen LogP contribution in [-0.2, 0) is 4.79 Å². The monoisotopic (exact) mass is 289 g/mol. The van der Waals surface area contributed by atoms with Gasteiger partial charge in [-0.2, -0.15) is 0 Å². The van der Waals surface area contributed by atoms with Gasteiger partial charge in [0.05, 0.1) is 0 Å². The summed E-state index contributed by atoms with van der Waals surface area (Å²) in [5.74, 6) is -0.112. The molecule has 5 nitrogen and oxygen atoms in total. The van der Waals surface area contributed by atoms with Gasteiger partial charge in [-0.25, -0.2) is 0 Å². The third-order valence-electron chi connectivity index (χ3n) is 3.21. The van der Waals surface area contributed by atoms with Crippen molar-refractivity contribution in [1.82, 2.24) is 10.6 Å². The van der Waals surface area contributed by atoms with E-state index in [0.29, 0.717) is 30.3 Å². The summed E-state index contributed by atoms with van der Waals surface area (Å²) in [5, 5.41) is 8.96. The molecule has 21 heavy (non-hydrogen) atoms. The fraction of sp³-hybridized carbons (Fsp3) is 0.500. The largest absolute Gasteiger partial charge is 0.350 e. The molecule has 0 aliphatic heterocycles. The summed E-state index contributed by atoms with van der Waals surface area (Å²) in [5.41, 5.74) is 1.31. The SMILES string of the molecule is CC(C)NC(=O)c1ccc(NC(=O)CCNC2CC2)cc1. The van der Waals surface area contributed by atoms with Gasteiger partial charge in [0.1, 0.15) is 0 Å². The van der Waals surface area contributed by atoms with Crippen molar-refractivity contribution in [3.63, 3.8) is 0 Å². The third-order valence-corrected chi connectivity index (χ3v) is 3.21. The molecule has 3 N–H and O–H groups in total. The van der Waals surface area contributed by atoms with E-state index in [1.807, 2.05) is 13.8 Å². The van der Waals surface area contributed by atoms with E-state index in [4.69, 9.17) is 0 Å². The zero-order valence-corrected chi connectivity index (χ0v) is 12.6. The van der Waals surface area contributed by atoms with Crippen molar-refractivity contribution >= 4 is 17.5 Å². The lowest BCUT2D eigenvalue weighted by atomic mass is 10.2. The summed E-state index contributed by atoms with van der Waals surface area (Å²) in [4.78, 5) is 23.5. The molecule has 0 unspecified atom stereocenters. The Morgan fingerprint density at radius 2 is 1.86 bits per heavy atom. The number of anilines is 1. The van der Waals surface area contributed by atoms with Crippen molar-refractivity contribution in [3.8, 4) is 0 Å². The minimum atomic E-state index is -0.100. The predicted molar refractivity (Wildman–Crippen MR) is 83.3 cm³/mol. The van der Waals surface area contributed by atoms with Crippen LogP contribution in [0.15, 0.2) is 24.3 Å². The fourth-order valence-corrected chi connectivity index (χ4v) is 1.95. The molecule has 114 valence electrons. The molecule has 0 atom stereocenters. The van der Waals surface area contributed by atoms with Crippen LogP contribution in [0.25, 0.3) is 0 Å². The van der Waals surface area contributed by atoms with E-state index in [1.54, 1.807) is 24.3 Å². The summed E-state index contributed by atoms with van der Waals surface area (Å²) < 4.78 is 0. The molecule has 0 saturated heterocycles. The maximum Gasteiger partial charge on any atom is 0.251 e. The second-order valence-corrected chi connectivity index (χ2v) is 5.73. The minimum Gasteiger partial charge on any atom is -0.350 e.